The Morgan fingerprint density at radius 3 is 2.77 bits per heavy atom. The molecule has 0 radical (unpaired) electrons. The average Bonchev–Trinajstić information content (AvgIpc) is 3.06. The van der Waals surface area contributed by atoms with E-state index >= 15 is 0 Å². The normalized spacial score (nSPS) is 10.7. The van der Waals surface area contributed by atoms with E-state index in [1.54, 1.807) is 36.7 Å². The summed E-state index contributed by atoms with van der Waals surface area (Å²) in [6.07, 6.45) is 2.87. The van der Waals surface area contributed by atoms with Crippen LogP contribution in [-0.2, 0) is 7.05 Å². The fourth-order valence-corrected chi connectivity index (χ4v) is 2.06. The Balaban J connectivity index is 1.92. The molecule has 1 aromatic carbocycles. The van der Waals surface area contributed by atoms with Gasteiger partial charge in [-0.2, -0.15) is 5.10 Å². The van der Waals surface area contributed by atoms with Crippen LogP contribution in [0.2, 0.25) is 0 Å². The van der Waals surface area contributed by atoms with Gasteiger partial charge in [0.1, 0.15) is 17.8 Å². The molecule has 112 valence electrons. The van der Waals surface area contributed by atoms with Crippen molar-refractivity contribution in [3.05, 3.63) is 53.9 Å². The Labute approximate surface area is 125 Å². The fraction of sp³-hybridized carbons (Fsp3) is 0.143. The molecule has 0 saturated carbocycles. The first-order valence-electron chi connectivity index (χ1n) is 6.53. The van der Waals surface area contributed by atoms with Crippen LogP contribution in [0.15, 0.2) is 36.8 Å². The third-order valence-corrected chi connectivity index (χ3v) is 3.27. The quantitative estimate of drug-likeness (QED) is 0.798. The van der Waals surface area contributed by atoms with Gasteiger partial charge in [-0.05, 0) is 19.1 Å². The highest BCUT2D eigenvalue weighted by atomic mass is 19.1. The summed E-state index contributed by atoms with van der Waals surface area (Å²) in [5.74, 6) is -0.465. The maximum absolute atomic E-state index is 13.8. The SMILES string of the molecule is Cc1c(C(=O)Nc2nncn2C)cnn1-c1ccccc1F. The largest absolute Gasteiger partial charge is 0.303 e. The molecule has 1 amide bonds. The van der Waals surface area contributed by atoms with Crippen LogP contribution in [0, 0.1) is 12.7 Å². The smallest absolute Gasteiger partial charge is 0.261 e. The molecule has 0 unspecified atom stereocenters. The first kappa shape index (κ1) is 13.9. The van der Waals surface area contributed by atoms with Crippen molar-refractivity contribution in [3.63, 3.8) is 0 Å². The van der Waals surface area contributed by atoms with Gasteiger partial charge in [0.25, 0.3) is 5.91 Å². The topological polar surface area (TPSA) is 77.6 Å². The second-order valence-corrected chi connectivity index (χ2v) is 4.73. The van der Waals surface area contributed by atoms with E-state index in [0.29, 0.717) is 17.2 Å². The predicted octanol–water partition coefficient (Wildman–Crippen LogP) is 1.70. The first-order chi connectivity index (χ1) is 10.6. The lowest BCUT2D eigenvalue weighted by molar-refractivity contribution is 0.102. The highest BCUT2D eigenvalue weighted by molar-refractivity contribution is 6.04. The highest BCUT2D eigenvalue weighted by Gasteiger charge is 2.18. The second-order valence-electron chi connectivity index (χ2n) is 4.73. The molecule has 0 aliphatic carbocycles. The molecule has 0 fully saturated rings. The minimum Gasteiger partial charge on any atom is -0.303 e. The number of amides is 1. The Morgan fingerprint density at radius 1 is 1.32 bits per heavy atom. The zero-order valence-electron chi connectivity index (χ0n) is 12.0. The number of halogens is 1. The fourth-order valence-electron chi connectivity index (χ4n) is 2.06. The van der Waals surface area contributed by atoms with Crippen LogP contribution >= 0.6 is 0 Å². The van der Waals surface area contributed by atoms with Crippen molar-refractivity contribution in [1.82, 2.24) is 24.5 Å². The molecule has 8 heteroatoms. The van der Waals surface area contributed by atoms with Crippen molar-refractivity contribution in [2.45, 2.75) is 6.92 Å². The van der Waals surface area contributed by atoms with Crippen LogP contribution in [0.4, 0.5) is 10.3 Å². The standard InChI is InChI=1S/C14H13FN6O/c1-9-10(13(22)18-14-19-16-8-20(14)2)7-17-21(9)12-6-4-3-5-11(12)15/h3-8H,1-2H3,(H,18,19,22). The molecule has 0 aliphatic rings. The third-order valence-electron chi connectivity index (χ3n) is 3.27. The number of nitrogens with zero attached hydrogens (tertiary/aromatic N) is 5. The number of anilines is 1. The van der Waals surface area contributed by atoms with Crippen molar-refractivity contribution in [2.24, 2.45) is 7.05 Å². The number of rotatable bonds is 3. The van der Waals surface area contributed by atoms with E-state index in [-0.39, 0.29) is 11.6 Å². The Bertz CT molecular complexity index is 837. The van der Waals surface area contributed by atoms with Crippen LogP contribution in [-0.4, -0.2) is 30.5 Å². The summed E-state index contributed by atoms with van der Waals surface area (Å²) in [5, 5.41) is 14.2. The number of benzene rings is 1. The van der Waals surface area contributed by atoms with Crippen LogP contribution in [0.1, 0.15) is 16.1 Å². The van der Waals surface area contributed by atoms with E-state index in [9.17, 15) is 9.18 Å². The number of para-hydroxylation sites is 1. The Hall–Kier alpha value is -3.03. The van der Waals surface area contributed by atoms with Crippen molar-refractivity contribution in [3.8, 4) is 5.69 Å². The minimum atomic E-state index is -0.408. The molecule has 3 aromatic rings. The van der Waals surface area contributed by atoms with Gasteiger partial charge < -0.3 is 4.57 Å². The van der Waals surface area contributed by atoms with Crippen LogP contribution in [0.5, 0.6) is 0 Å². The lowest BCUT2D eigenvalue weighted by Crippen LogP contribution is -2.16. The van der Waals surface area contributed by atoms with Gasteiger partial charge in [0.05, 0.1) is 17.5 Å². The number of aromatic nitrogens is 5. The van der Waals surface area contributed by atoms with E-state index in [1.165, 1.54) is 23.3 Å². The highest BCUT2D eigenvalue weighted by Crippen LogP contribution is 2.17. The summed E-state index contributed by atoms with van der Waals surface area (Å²) in [5.41, 5.74) is 1.16. The monoisotopic (exact) mass is 300 g/mol. The minimum absolute atomic E-state index is 0.290. The number of aryl methyl sites for hydroxylation is 1. The molecule has 3 rings (SSSR count). The van der Waals surface area contributed by atoms with Crippen LogP contribution in [0.3, 0.4) is 0 Å². The van der Waals surface area contributed by atoms with Crippen LogP contribution < -0.4 is 5.32 Å². The van der Waals surface area contributed by atoms with Gasteiger partial charge in [-0.3, -0.25) is 10.1 Å². The molecule has 0 spiro atoms. The van der Waals surface area contributed by atoms with E-state index in [2.05, 4.69) is 20.6 Å². The average molecular weight is 300 g/mol. The zero-order chi connectivity index (χ0) is 15.7. The lowest BCUT2D eigenvalue weighted by atomic mass is 10.2. The second kappa shape index (κ2) is 5.40. The summed E-state index contributed by atoms with van der Waals surface area (Å²) in [4.78, 5) is 12.3. The number of carbonyl (C=O) groups is 1. The molecule has 7 nitrogen and oxygen atoms in total. The van der Waals surface area contributed by atoms with Crippen LogP contribution in [0.25, 0.3) is 5.69 Å². The maximum atomic E-state index is 13.8. The van der Waals surface area contributed by atoms with Crippen molar-refractivity contribution in [2.75, 3.05) is 5.32 Å². The predicted molar refractivity (Wildman–Crippen MR) is 77.2 cm³/mol. The number of nitrogens with one attached hydrogen (secondary N) is 1. The third kappa shape index (κ3) is 2.34. The summed E-state index contributed by atoms with van der Waals surface area (Å²) >= 11 is 0. The maximum Gasteiger partial charge on any atom is 0.261 e. The Kier molecular flexibility index (Phi) is 3.42. The summed E-state index contributed by atoms with van der Waals surface area (Å²) in [6.45, 7) is 1.70. The van der Waals surface area contributed by atoms with Gasteiger partial charge in [-0.15, -0.1) is 10.2 Å². The number of hydrogen-bond acceptors (Lipinski definition) is 4. The molecular weight excluding hydrogens is 287 g/mol. The van der Waals surface area contributed by atoms with E-state index in [1.807, 2.05) is 0 Å². The number of carbonyl (C=O) groups excluding carboxylic acids is 1. The molecule has 0 atom stereocenters. The molecule has 1 N–H and O–H groups in total. The van der Waals surface area contributed by atoms with E-state index in [4.69, 9.17) is 0 Å². The molecule has 0 aliphatic heterocycles. The van der Waals surface area contributed by atoms with E-state index in [0.717, 1.165) is 0 Å². The summed E-state index contributed by atoms with van der Waals surface area (Å²) < 4.78 is 16.8. The van der Waals surface area contributed by atoms with Gasteiger partial charge in [0.15, 0.2) is 0 Å². The molecular formula is C14H13FN6O. The number of hydrogen-bond donors (Lipinski definition) is 1. The van der Waals surface area contributed by atoms with Gasteiger partial charge >= 0.3 is 0 Å². The van der Waals surface area contributed by atoms with Gasteiger partial charge in [-0.1, -0.05) is 12.1 Å². The van der Waals surface area contributed by atoms with Crippen molar-refractivity contribution >= 4 is 11.9 Å². The molecule has 2 heterocycles. The van der Waals surface area contributed by atoms with Gasteiger partial charge in [0, 0.05) is 7.05 Å². The lowest BCUT2D eigenvalue weighted by Gasteiger charge is -2.07. The Morgan fingerprint density at radius 2 is 2.09 bits per heavy atom. The molecule has 0 bridgehead atoms. The molecule has 22 heavy (non-hydrogen) atoms. The van der Waals surface area contributed by atoms with Gasteiger partial charge in [0.2, 0.25) is 5.95 Å². The van der Waals surface area contributed by atoms with Gasteiger partial charge in [-0.25, -0.2) is 9.07 Å². The van der Waals surface area contributed by atoms with Crippen molar-refractivity contribution in [1.29, 1.82) is 0 Å². The summed E-state index contributed by atoms with van der Waals surface area (Å²) in [6, 6.07) is 6.24. The molecule has 0 saturated heterocycles. The summed E-state index contributed by atoms with van der Waals surface area (Å²) in [7, 11) is 1.71. The zero-order valence-corrected chi connectivity index (χ0v) is 12.0. The first-order valence-corrected chi connectivity index (χ1v) is 6.53. The molecule has 2 aromatic heterocycles. The van der Waals surface area contributed by atoms with Crippen molar-refractivity contribution < 1.29 is 9.18 Å². The van der Waals surface area contributed by atoms with E-state index < -0.39 is 5.82 Å².